The van der Waals surface area contributed by atoms with Gasteiger partial charge in [-0.15, -0.1) is 10.2 Å². The first kappa shape index (κ1) is 19.7. The van der Waals surface area contributed by atoms with Crippen molar-refractivity contribution in [1.82, 2.24) is 25.4 Å². The standard InChI is InChI=1S/C20H29ClN6/c1-2-19-26-24-15-27(19)13-12-22-20(25-18-6-4-3-5-7-18)23-14-16-8-10-17(21)11-9-16/h8-11,15,18H,2-7,12-14H2,1H3,(H2,22,23,25). The van der Waals surface area contributed by atoms with Crippen LogP contribution in [0, 0.1) is 0 Å². The molecule has 0 amide bonds. The number of hydrogen-bond acceptors (Lipinski definition) is 3. The van der Waals surface area contributed by atoms with Gasteiger partial charge in [-0.1, -0.05) is 49.9 Å². The van der Waals surface area contributed by atoms with E-state index in [1.54, 1.807) is 6.33 Å². The van der Waals surface area contributed by atoms with Crippen molar-refractivity contribution in [3.8, 4) is 0 Å². The first-order valence-electron chi connectivity index (χ1n) is 9.90. The molecule has 1 aromatic carbocycles. The van der Waals surface area contributed by atoms with Gasteiger partial charge in [-0.2, -0.15) is 0 Å². The highest BCUT2D eigenvalue weighted by Gasteiger charge is 2.14. The molecule has 3 rings (SSSR count). The van der Waals surface area contributed by atoms with Crippen LogP contribution in [-0.4, -0.2) is 33.3 Å². The van der Waals surface area contributed by atoms with E-state index in [1.807, 2.05) is 24.3 Å². The van der Waals surface area contributed by atoms with E-state index in [2.05, 4.69) is 32.3 Å². The van der Waals surface area contributed by atoms with Crippen molar-refractivity contribution in [3.05, 3.63) is 47.0 Å². The maximum absolute atomic E-state index is 5.97. The summed E-state index contributed by atoms with van der Waals surface area (Å²) in [5.41, 5.74) is 1.15. The van der Waals surface area contributed by atoms with Gasteiger partial charge in [-0.3, -0.25) is 0 Å². The largest absolute Gasteiger partial charge is 0.355 e. The third kappa shape index (κ3) is 6.24. The van der Waals surface area contributed by atoms with E-state index in [0.717, 1.165) is 41.9 Å². The number of aliphatic imine (C=N–C) groups is 1. The molecule has 146 valence electrons. The van der Waals surface area contributed by atoms with E-state index < -0.39 is 0 Å². The molecule has 0 bridgehead atoms. The number of rotatable bonds is 7. The number of aryl methyl sites for hydroxylation is 1. The molecule has 2 N–H and O–H groups in total. The zero-order valence-electron chi connectivity index (χ0n) is 16.0. The van der Waals surface area contributed by atoms with Gasteiger partial charge in [0.2, 0.25) is 0 Å². The number of aromatic nitrogens is 3. The second-order valence-corrected chi connectivity index (χ2v) is 7.43. The first-order chi connectivity index (χ1) is 13.2. The number of halogens is 1. The highest BCUT2D eigenvalue weighted by Crippen LogP contribution is 2.17. The van der Waals surface area contributed by atoms with Gasteiger partial charge in [0.25, 0.3) is 0 Å². The lowest BCUT2D eigenvalue weighted by molar-refractivity contribution is 0.409. The maximum Gasteiger partial charge on any atom is 0.191 e. The molecular weight excluding hydrogens is 360 g/mol. The van der Waals surface area contributed by atoms with Crippen molar-refractivity contribution in [3.63, 3.8) is 0 Å². The van der Waals surface area contributed by atoms with Crippen LogP contribution >= 0.6 is 11.6 Å². The minimum absolute atomic E-state index is 0.510. The topological polar surface area (TPSA) is 67.1 Å². The Morgan fingerprint density at radius 3 is 2.74 bits per heavy atom. The number of benzene rings is 1. The average molecular weight is 389 g/mol. The molecule has 0 spiro atoms. The normalized spacial score (nSPS) is 15.7. The molecule has 1 aliphatic carbocycles. The SMILES string of the molecule is CCc1nncn1CCNC(=NCc1ccc(Cl)cc1)NC1CCCCC1. The molecular formula is C20H29ClN6. The van der Waals surface area contributed by atoms with Crippen LogP contribution in [0.5, 0.6) is 0 Å². The number of hydrogen-bond donors (Lipinski definition) is 2. The monoisotopic (exact) mass is 388 g/mol. The fourth-order valence-corrected chi connectivity index (χ4v) is 3.51. The molecule has 0 aliphatic heterocycles. The van der Waals surface area contributed by atoms with E-state index in [0.29, 0.717) is 12.6 Å². The lowest BCUT2D eigenvalue weighted by atomic mass is 9.96. The molecule has 0 atom stereocenters. The Balaban J connectivity index is 1.59. The van der Waals surface area contributed by atoms with E-state index in [9.17, 15) is 0 Å². The maximum atomic E-state index is 5.97. The van der Waals surface area contributed by atoms with E-state index in [1.165, 1.54) is 32.1 Å². The van der Waals surface area contributed by atoms with Crippen LogP contribution in [0.1, 0.15) is 50.4 Å². The van der Waals surface area contributed by atoms with Gasteiger partial charge >= 0.3 is 0 Å². The summed E-state index contributed by atoms with van der Waals surface area (Å²) >= 11 is 5.97. The molecule has 0 saturated heterocycles. The van der Waals surface area contributed by atoms with Crippen LogP contribution in [0.25, 0.3) is 0 Å². The van der Waals surface area contributed by atoms with Crippen LogP contribution in [0.4, 0.5) is 0 Å². The third-order valence-electron chi connectivity index (χ3n) is 4.94. The molecule has 0 unspecified atom stereocenters. The van der Waals surface area contributed by atoms with Crippen molar-refractivity contribution in [2.45, 2.75) is 64.6 Å². The number of nitrogens with zero attached hydrogens (tertiary/aromatic N) is 4. The van der Waals surface area contributed by atoms with E-state index in [-0.39, 0.29) is 0 Å². The number of nitrogens with one attached hydrogen (secondary N) is 2. The molecule has 1 fully saturated rings. The lowest BCUT2D eigenvalue weighted by Gasteiger charge is -2.25. The van der Waals surface area contributed by atoms with Gasteiger partial charge in [0, 0.05) is 30.6 Å². The quantitative estimate of drug-likeness (QED) is 0.562. The summed E-state index contributed by atoms with van der Waals surface area (Å²) in [6, 6.07) is 8.37. The van der Waals surface area contributed by atoms with Crippen LogP contribution in [0.3, 0.4) is 0 Å². The molecule has 1 aromatic heterocycles. The Morgan fingerprint density at radius 2 is 2.00 bits per heavy atom. The van der Waals surface area contributed by atoms with Crippen molar-refractivity contribution >= 4 is 17.6 Å². The fraction of sp³-hybridized carbons (Fsp3) is 0.550. The van der Waals surface area contributed by atoms with Crippen LogP contribution in [0.2, 0.25) is 5.02 Å². The fourth-order valence-electron chi connectivity index (χ4n) is 3.39. The zero-order valence-corrected chi connectivity index (χ0v) is 16.8. The molecule has 1 aliphatic rings. The summed E-state index contributed by atoms with van der Waals surface area (Å²) in [4.78, 5) is 4.79. The van der Waals surface area contributed by atoms with Crippen molar-refractivity contribution in [1.29, 1.82) is 0 Å². The van der Waals surface area contributed by atoms with Crippen molar-refractivity contribution in [2.75, 3.05) is 6.54 Å². The molecule has 7 heteroatoms. The minimum Gasteiger partial charge on any atom is -0.355 e. The molecule has 2 aromatic rings. The Hall–Kier alpha value is -2.08. The summed E-state index contributed by atoms with van der Waals surface area (Å²) < 4.78 is 2.09. The second-order valence-electron chi connectivity index (χ2n) is 6.99. The van der Waals surface area contributed by atoms with E-state index in [4.69, 9.17) is 16.6 Å². The molecule has 0 radical (unpaired) electrons. The van der Waals surface area contributed by atoms with Crippen LogP contribution in [0.15, 0.2) is 35.6 Å². The highest BCUT2D eigenvalue weighted by molar-refractivity contribution is 6.30. The number of guanidine groups is 1. The molecule has 1 heterocycles. The smallest absolute Gasteiger partial charge is 0.191 e. The Bertz CT molecular complexity index is 718. The minimum atomic E-state index is 0.510. The van der Waals surface area contributed by atoms with Crippen molar-refractivity contribution in [2.24, 2.45) is 4.99 Å². The third-order valence-corrected chi connectivity index (χ3v) is 5.19. The Kier molecular flexibility index (Phi) is 7.51. The summed E-state index contributed by atoms with van der Waals surface area (Å²) in [7, 11) is 0. The van der Waals surface area contributed by atoms with Gasteiger partial charge in [0.05, 0.1) is 6.54 Å². The second kappa shape index (κ2) is 10.3. The molecule has 1 saturated carbocycles. The van der Waals surface area contributed by atoms with Gasteiger partial charge in [0.15, 0.2) is 5.96 Å². The Labute approximate surface area is 166 Å². The first-order valence-corrected chi connectivity index (χ1v) is 10.3. The van der Waals surface area contributed by atoms with Crippen LogP contribution < -0.4 is 10.6 Å². The predicted octanol–water partition coefficient (Wildman–Crippen LogP) is 3.56. The van der Waals surface area contributed by atoms with Gasteiger partial charge < -0.3 is 15.2 Å². The molecule has 27 heavy (non-hydrogen) atoms. The summed E-state index contributed by atoms with van der Waals surface area (Å²) in [5, 5.41) is 16.0. The lowest BCUT2D eigenvalue weighted by Crippen LogP contribution is -2.45. The summed E-state index contributed by atoms with van der Waals surface area (Å²) in [6.45, 7) is 4.33. The molecule has 6 nitrogen and oxygen atoms in total. The van der Waals surface area contributed by atoms with Crippen molar-refractivity contribution < 1.29 is 0 Å². The van der Waals surface area contributed by atoms with Crippen LogP contribution in [-0.2, 0) is 19.5 Å². The predicted molar refractivity (Wildman–Crippen MR) is 110 cm³/mol. The summed E-state index contributed by atoms with van der Waals surface area (Å²) in [5.74, 6) is 1.89. The highest BCUT2D eigenvalue weighted by atomic mass is 35.5. The van der Waals surface area contributed by atoms with Gasteiger partial charge in [-0.05, 0) is 30.5 Å². The van der Waals surface area contributed by atoms with Gasteiger partial charge in [-0.25, -0.2) is 4.99 Å². The Morgan fingerprint density at radius 1 is 1.22 bits per heavy atom. The summed E-state index contributed by atoms with van der Waals surface area (Å²) in [6.07, 6.45) is 9.04. The van der Waals surface area contributed by atoms with E-state index >= 15 is 0 Å². The van der Waals surface area contributed by atoms with Gasteiger partial charge in [0.1, 0.15) is 12.2 Å². The average Bonchev–Trinajstić information content (AvgIpc) is 3.15. The zero-order chi connectivity index (χ0) is 18.9.